The number of alkyl halides is 1. The molecule has 2 atom stereocenters. The molecule has 7 heteroatoms. The lowest BCUT2D eigenvalue weighted by Gasteiger charge is -2.30. The summed E-state index contributed by atoms with van der Waals surface area (Å²) in [5.41, 5.74) is 2.29. The predicted octanol–water partition coefficient (Wildman–Crippen LogP) is 5.33. The Morgan fingerprint density at radius 3 is 2.79 bits per heavy atom. The molecule has 156 valence electrons. The molecule has 0 unspecified atom stereocenters. The summed E-state index contributed by atoms with van der Waals surface area (Å²) in [6.45, 7) is 2.77. The van der Waals surface area contributed by atoms with E-state index < -0.39 is 6.17 Å². The number of aromatic nitrogens is 1. The highest BCUT2D eigenvalue weighted by atomic mass is 35.5. The number of amides is 1. The van der Waals surface area contributed by atoms with Crippen LogP contribution in [0.15, 0.2) is 24.4 Å². The highest BCUT2D eigenvalue weighted by molar-refractivity contribution is 6.31. The average Bonchev–Trinajstić information content (AvgIpc) is 2.70. The predicted molar refractivity (Wildman–Crippen MR) is 114 cm³/mol. The molecule has 0 radical (unpaired) electrons. The Morgan fingerprint density at radius 1 is 1.24 bits per heavy atom. The second kappa shape index (κ2) is 8.84. The maximum absolute atomic E-state index is 13.4. The van der Waals surface area contributed by atoms with Gasteiger partial charge in [-0.15, -0.1) is 0 Å². The fourth-order valence-corrected chi connectivity index (χ4v) is 4.47. The number of anilines is 2. The summed E-state index contributed by atoms with van der Waals surface area (Å²) in [6.07, 6.45) is 4.95. The molecule has 2 aromatic rings. The van der Waals surface area contributed by atoms with Crippen LogP contribution in [-0.4, -0.2) is 35.8 Å². The minimum atomic E-state index is -0.781. The Morgan fingerprint density at radius 2 is 2.03 bits per heavy atom. The van der Waals surface area contributed by atoms with Crippen LogP contribution in [0, 0.1) is 5.92 Å². The van der Waals surface area contributed by atoms with Crippen molar-refractivity contribution in [2.45, 2.75) is 63.8 Å². The first-order valence-electron chi connectivity index (χ1n) is 10.4. The van der Waals surface area contributed by atoms with E-state index in [0.29, 0.717) is 43.0 Å². The molecule has 1 aliphatic heterocycles. The van der Waals surface area contributed by atoms with Crippen LogP contribution < -0.4 is 10.6 Å². The van der Waals surface area contributed by atoms with Crippen LogP contribution in [-0.2, 0) is 9.53 Å². The molecule has 1 saturated carbocycles. The zero-order chi connectivity index (χ0) is 20.4. The van der Waals surface area contributed by atoms with Gasteiger partial charge in [-0.3, -0.25) is 9.78 Å². The van der Waals surface area contributed by atoms with Gasteiger partial charge >= 0.3 is 0 Å². The number of fused-ring (bicyclic) bond motifs is 1. The monoisotopic (exact) mass is 419 g/mol. The number of nitrogens with one attached hydrogen (secondary N) is 2. The molecule has 1 aromatic heterocycles. The zero-order valence-corrected chi connectivity index (χ0v) is 17.3. The van der Waals surface area contributed by atoms with Gasteiger partial charge < -0.3 is 15.4 Å². The normalized spacial score (nSPS) is 27.6. The van der Waals surface area contributed by atoms with Crippen molar-refractivity contribution in [1.82, 2.24) is 4.98 Å². The number of carbonyl (C=O) groups excluding carboxylic acids is 1. The molecule has 1 saturated heterocycles. The van der Waals surface area contributed by atoms with Crippen molar-refractivity contribution < 1.29 is 13.9 Å². The quantitative estimate of drug-likeness (QED) is 0.702. The summed E-state index contributed by atoms with van der Waals surface area (Å²) in [7, 11) is 0. The van der Waals surface area contributed by atoms with Crippen molar-refractivity contribution in [3.05, 3.63) is 29.4 Å². The smallest absolute Gasteiger partial charge is 0.227 e. The first-order valence-corrected chi connectivity index (χ1v) is 10.8. The van der Waals surface area contributed by atoms with Gasteiger partial charge in [0.1, 0.15) is 6.17 Å². The van der Waals surface area contributed by atoms with Crippen molar-refractivity contribution in [3.8, 4) is 0 Å². The van der Waals surface area contributed by atoms with E-state index in [-0.39, 0.29) is 24.0 Å². The molecular formula is C22H27ClFN3O2. The van der Waals surface area contributed by atoms with E-state index in [1.165, 1.54) is 0 Å². The van der Waals surface area contributed by atoms with Gasteiger partial charge in [-0.25, -0.2) is 4.39 Å². The number of benzene rings is 1. The molecule has 1 aliphatic carbocycles. The van der Waals surface area contributed by atoms with Crippen LogP contribution in [0.25, 0.3) is 10.9 Å². The lowest BCUT2D eigenvalue weighted by atomic mass is 9.87. The Bertz CT molecular complexity index is 886. The summed E-state index contributed by atoms with van der Waals surface area (Å²) >= 11 is 6.25. The summed E-state index contributed by atoms with van der Waals surface area (Å²) < 4.78 is 19.1. The van der Waals surface area contributed by atoms with E-state index in [1.807, 2.05) is 18.2 Å². The number of halogens is 2. The standard InChI is InChI=1S/C22H27ClFN3O2/c1-13-10-17(8-9-29-13)26-21-18-11-15(23)4-7-19(18)25-12-20(21)27-22(28)14-2-5-16(24)6-3-14/h4,7,11-14,16-17H,2-3,5-6,8-10H2,1H3,(H,25,26)(H,27,28)/t13-,14-,16+,17-/m1/s1. The first-order chi connectivity index (χ1) is 14.0. The first kappa shape index (κ1) is 20.4. The van der Waals surface area contributed by atoms with E-state index >= 15 is 0 Å². The number of hydrogen-bond donors (Lipinski definition) is 2. The SMILES string of the molecule is C[C@@H]1C[C@H](Nc2c(NC(=O)[C@H]3CC[C@@H](F)CC3)cnc3ccc(Cl)cc23)CCO1. The fraction of sp³-hybridized carbons (Fsp3) is 0.545. The maximum Gasteiger partial charge on any atom is 0.227 e. The van der Waals surface area contributed by atoms with E-state index in [1.54, 1.807) is 6.20 Å². The number of pyridine rings is 1. The molecule has 1 aromatic carbocycles. The summed E-state index contributed by atoms with van der Waals surface area (Å²) in [5, 5.41) is 8.15. The Balaban J connectivity index is 1.62. The van der Waals surface area contributed by atoms with E-state index in [4.69, 9.17) is 16.3 Å². The molecule has 29 heavy (non-hydrogen) atoms. The fourth-order valence-electron chi connectivity index (χ4n) is 4.30. The third-order valence-electron chi connectivity index (χ3n) is 5.95. The molecule has 4 rings (SSSR count). The van der Waals surface area contributed by atoms with E-state index in [9.17, 15) is 9.18 Å². The van der Waals surface area contributed by atoms with Gasteiger partial charge in [0, 0.05) is 29.0 Å². The molecule has 0 spiro atoms. The minimum absolute atomic E-state index is 0.0662. The largest absolute Gasteiger partial charge is 0.380 e. The second-order valence-electron chi connectivity index (χ2n) is 8.19. The molecule has 2 aliphatic rings. The second-order valence-corrected chi connectivity index (χ2v) is 8.63. The van der Waals surface area contributed by atoms with Crippen LogP contribution >= 0.6 is 11.6 Å². The van der Waals surface area contributed by atoms with Gasteiger partial charge in [0.2, 0.25) is 5.91 Å². The molecular weight excluding hydrogens is 393 g/mol. The van der Waals surface area contributed by atoms with Crippen LogP contribution in [0.3, 0.4) is 0 Å². The van der Waals surface area contributed by atoms with Crippen LogP contribution in [0.2, 0.25) is 5.02 Å². The lowest BCUT2D eigenvalue weighted by molar-refractivity contribution is -0.121. The van der Waals surface area contributed by atoms with E-state index in [2.05, 4.69) is 22.5 Å². The summed E-state index contributed by atoms with van der Waals surface area (Å²) in [6, 6.07) is 5.80. The molecule has 2 N–H and O–H groups in total. The van der Waals surface area contributed by atoms with Gasteiger partial charge in [0.15, 0.2) is 0 Å². The third-order valence-corrected chi connectivity index (χ3v) is 6.18. The van der Waals surface area contributed by atoms with Crippen LogP contribution in [0.4, 0.5) is 15.8 Å². The highest BCUT2D eigenvalue weighted by Gasteiger charge is 2.27. The Labute approximate surface area is 175 Å². The zero-order valence-electron chi connectivity index (χ0n) is 16.6. The van der Waals surface area contributed by atoms with Crippen molar-refractivity contribution in [3.63, 3.8) is 0 Å². The molecule has 0 bridgehead atoms. The van der Waals surface area contributed by atoms with Gasteiger partial charge in [-0.05, 0) is 63.6 Å². The lowest BCUT2D eigenvalue weighted by Crippen LogP contribution is -2.33. The maximum atomic E-state index is 13.4. The Hall–Kier alpha value is -1.92. The molecule has 2 fully saturated rings. The third kappa shape index (κ3) is 4.81. The number of rotatable bonds is 4. The minimum Gasteiger partial charge on any atom is -0.380 e. The number of hydrogen-bond acceptors (Lipinski definition) is 4. The molecule has 2 heterocycles. The molecule has 1 amide bonds. The van der Waals surface area contributed by atoms with Gasteiger partial charge in [0.25, 0.3) is 0 Å². The summed E-state index contributed by atoms with van der Waals surface area (Å²) in [4.78, 5) is 17.3. The van der Waals surface area contributed by atoms with Crippen molar-refractivity contribution in [2.75, 3.05) is 17.2 Å². The highest BCUT2D eigenvalue weighted by Crippen LogP contribution is 2.35. The van der Waals surface area contributed by atoms with Gasteiger partial charge in [-0.2, -0.15) is 0 Å². The van der Waals surface area contributed by atoms with Crippen molar-refractivity contribution >= 4 is 39.8 Å². The summed E-state index contributed by atoms with van der Waals surface area (Å²) in [5.74, 6) is -0.225. The van der Waals surface area contributed by atoms with Crippen LogP contribution in [0.5, 0.6) is 0 Å². The molecule has 5 nitrogen and oxygen atoms in total. The van der Waals surface area contributed by atoms with Crippen LogP contribution in [0.1, 0.15) is 45.4 Å². The number of nitrogens with zero attached hydrogens (tertiary/aromatic N) is 1. The van der Waals surface area contributed by atoms with Gasteiger partial charge in [-0.1, -0.05) is 11.6 Å². The Kier molecular flexibility index (Phi) is 6.20. The number of ether oxygens (including phenoxy) is 1. The van der Waals surface area contributed by atoms with Crippen molar-refractivity contribution in [2.24, 2.45) is 5.92 Å². The average molecular weight is 420 g/mol. The van der Waals surface area contributed by atoms with Crippen molar-refractivity contribution in [1.29, 1.82) is 0 Å². The number of carbonyl (C=O) groups is 1. The van der Waals surface area contributed by atoms with Gasteiger partial charge in [0.05, 0.1) is 29.2 Å². The topological polar surface area (TPSA) is 63.2 Å². The van der Waals surface area contributed by atoms with E-state index in [0.717, 1.165) is 29.4 Å².